The van der Waals surface area contributed by atoms with Gasteiger partial charge in [0, 0.05) is 44.5 Å². The summed E-state index contributed by atoms with van der Waals surface area (Å²) in [6, 6.07) is 13.0. The Morgan fingerprint density at radius 2 is 2.03 bits per heavy atom. The van der Waals surface area contributed by atoms with E-state index in [1.54, 1.807) is 23.5 Å². The second-order valence-electron chi connectivity index (χ2n) is 9.45. The van der Waals surface area contributed by atoms with Crippen molar-refractivity contribution in [3.05, 3.63) is 59.7 Å². The number of benzene rings is 2. The second-order valence-corrected chi connectivity index (χ2v) is 11.4. The maximum atomic E-state index is 13.7. The summed E-state index contributed by atoms with van der Waals surface area (Å²) in [5.41, 5.74) is 2.63. The number of methoxy groups -OCH3 is 1. The van der Waals surface area contributed by atoms with Gasteiger partial charge in [0.25, 0.3) is 0 Å². The van der Waals surface area contributed by atoms with Crippen molar-refractivity contribution in [2.24, 2.45) is 5.41 Å². The number of rotatable bonds is 5. The van der Waals surface area contributed by atoms with Crippen molar-refractivity contribution in [1.29, 1.82) is 0 Å². The van der Waals surface area contributed by atoms with Crippen LogP contribution in [-0.4, -0.2) is 58.9 Å². The molecule has 0 amide bonds. The lowest BCUT2D eigenvalue weighted by Crippen LogP contribution is -2.49. The van der Waals surface area contributed by atoms with Crippen molar-refractivity contribution in [3.8, 4) is 11.5 Å². The number of likely N-dealkylation sites (N-methyl/N-ethyl adjacent to an activating group) is 1. The Hall–Kier alpha value is -2.84. The number of Topliss-reactive ketones (excluding diaryl/α,β-unsaturated/α-hetero) is 1. The van der Waals surface area contributed by atoms with Crippen LogP contribution in [0.2, 0.25) is 0 Å². The van der Waals surface area contributed by atoms with Crippen molar-refractivity contribution in [3.63, 3.8) is 0 Å². The van der Waals surface area contributed by atoms with Crippen LogP contribution in [0.25, 0.3) is 0 Å². The molecule has 1 unspecified atom stereocenters. The number of ketones is 1. The Bertz CT molecular complexity index is 1260. The first-order chi connectivity index (χ1) is 16.3. The summed E-state index contributed by atoms with van der Waals surface area (Å²) >= 11 is 0. The maximum Gasteiger partial charge on any atom is 0.243 e. The lowest BCUT2D eigenvalue weighted by atomic mass is 9.65. The van der Waals surface area contributed by atoms with Crippen LogP contribution < -0.4 is 14.4 Å². The zero-order chi connectivity index (χ0) is 23.9. The van der Waals surface area contributed by atoms with Gasteiger partial charge in [-0.2, -0.15) is 4.31 Å². The van der Waals surface area contributed by atoms with Crippen LogP contribution in [0.4, 0.5) is 5.69 Å². The van der Waals surface area contributed by atoms with Gasteiger partial charge in [-0.05, 0) is 42.7 Å². The molecule has 180 valence electrons. The number of carbonyl (C=O) groups excluding carboxylic acids is 1. The van der Waals surface area contributed by atoms with E-state index in [2.05, 4.69) is 4.90 Å². The van der Waals surface area contributed by atoms with E-state index in [0.29, 0.717) is 44.6 Å². The van der Waals surface area contributed by atoms with Gasteiger partial charge in [0.15, 0.2) is 0 Å². The minimum Gasteiger partial charge on any atom is -0.497 e. The normalized spacial score (nSPS) is 22.9. The lowest BCUT2D eigenvalue weighted by molar-refractivity contribution is -0.120. The van der Waals surface area contributed by atoms with E-state index in [-0.39, 0.29) is 17.2 Å². The summed E-state index contributed by atoms with van der Waals surface area (Å²) in [4.78, 5) is 14.6. The van der Waals surface area contributed by atoms with Crippen molar-refractivity contribution in [2.75, 3.05) is 45.3 Å². The SMILES string of the molecule is COc1cccc(CC23CCC(=O)CC2=CCN(S(=O)(=O)c2ccc4c(c2)OCCN4C)C3)c1. The first kappa shape index (κ1) is 22.9. The topological polar surface area (TPSA) is 76.1 Å². The number of anilines is 1. The molecular weight excluding hydrogens is 452 g/mol. The highest BCUT2D eigenvalue weighted by molar-refractivity contribution is 7.89. The molecule has 7 nitrogen and oxygen atoms in total. The lowest BCUT2D eigenvalue weighted by Gasteiger charge is -2.45. The van der Waals surface area contributed by atoms with Crippen molar-refractivity contribution < 1.29 is 22.7 Å². The summed E-state index contributed by atoms with van der Waals surface area (Å²) in [5, 5.41) is 0. The molecular formula is C26H30N2O5S. The van der Waals surface area contributed by atoms with E-state index in [1.807, 2.05) is 43.5 Å². The second kappa shape index (κ2) is 8.74. The smallest absolute Gasteiger partial charge is 0.243 e. The van der Waals surface area contributed by atoms with Crippen LogP contribution in [-0.2, 0) is 21.2 Å². The molecule has 8 heteroatoms. The van der Waals surface area contributed by atoms with Gasteiger partial charge in [0.05, 0.1) is 24.2 Å². The molecule has 0 bridgehead atoms. The molecule has 0 spiro atoms. The number of hydrogen-bond donors (Lipinski definition) is 0. The van der Waals surface area contributed by atoms with Gasteiger partial charge in [0.1, 0.15) is 23.9 Å². The monoisotopic (exact) mass is 482 g/mol. The third-order valence-electron chi connectivity index (χ3n) is 7.31. The molecule has 2 aliphatic heterocycles. The van der Waals surface area contributed by atoms with E-state index >= 15 is 0 Å². The number of fused-ring (bicyclic) bond motifs is 2. The Morgan fingerprint density at radius 1 is 1.18 bits per heavy atom. The highest BCUT2D eigenvalue weighted by Crippen LogP contribution is 2.46. The average Bonchev–Trinajstić information content (AvgIpc) is 2.84. The summed E-state index contributed by atoms with van der Waals surface area (Å²) < 4.78 is 40.2. The summed E-state index contributed by atoms with van der Waals surface area (Å²) in [6.07, 6.45) is 4.12. The molecule has 2 heterocycles. The fourth-order valence-electron chi connectivity index (χ4n) is 5.37. The quantitative estimate of drug-likeness (QED) is 0.608. The molecule has 5 rings (SSSR count). The Kier molecular flexibility index (Phi) is 5.90. The van der Waals surface area contributed by atoms with E-state index in [1.165, 1.54) is 0 Å². The highest BCUT2D eigenvalue weighted by atomic mass is 32.2. The minimum atomic E-state index is -3.74. The molecule has 0 saturated heterocycles. The van der Waals surface area contributed by atoms with E-state index in [9.17, 15) is 13.2 Å². The standard InChI is InChI=1S/C26H30N2O5S/c1-27-12-13-33-25-16-23(6-7-24(25)27)34(30,31)28-11-9-20-15-21(29)8-10-26(20,18-28)17-19-4-3-5-22(14-19)32-2/h3-7,9,14,16H,8,10-13,15,17-18H2,1-2H3. The highest BCUT2D eigenvalue weighted by Gasteiger charge is 2.45. The first-order valence-corrected chi connectivity index (χ1v) is 13.1. The number of nitrogens with zero attached hydrogens (tertiary/aromatic N) is 2. The van der Waals surface area contributed by atoms with Gasteiger partial charge in [-0.15, -0.1) is 0 Å². The molecule has 2 aromatic carbocycles. The summed E-state index contributed by atoms with van der Waals surface area (Å²) in [6.45, 7) is 1.91. The van der Waals surface area contributed by atoms with Crippen LogP contribution in [0.3, 0.4) is 0 Å². The maximum absolute atomic E-state index is 13.7. The zero-order valence-corrected chi connectivity index (χ0v) is 20.4. The van der Waals surface area contributed by atoms with E-state index < -0.39 is 15.4 Å². The Balaban J connectivity index is 1.48. The van der Waals surface area contributed by atoms with Gasteiger partial charge in [0.2, 0.25) is 10.0 Å². The fraction of sp³-hybridized carbons (Fsp3) is 0.423. The van der Waals surface area contributed by atoms with Crippen molar-refractivity contribution in [2.45, 2.75) is 30.6 Å². The number of ether oxygens (including phenoxy) is 2. The average molecular weight is 483 g/mol. The number of sulfonamides is 1. The summed E-state index contributed by atoms with van der Waals surface area (Å²) in [7, 11) is -0.132. The molecule has 1 aliphatic carbocycles. The van der Waals surface area contributed by atoms with Gasteiger partial charge >= 0.3 is 0 Å². The zero-order valence-electron chi connectivity index (χ0n) is 19.6. The van der Waals surface area contributed by atoms with Gasteiger partial charge in [-0.3, -0.25) is 4.79 Å². The molecule has 0 radical (unpaired) electrons. The van der Waals surface area contributed by atoms with Gasteiger partial charge in [-0.25, -0.2) is 8.42 Å². The summed E-state index contributed by atoms with van der Waals surface area (Å²) in [5.74, 6) is 1.59. The number of carbonyl (C=O) groups is 1. The molecule has 1 saturated carbocycles. The van der Waals surface area contributed by atoms with Gasteiger partial charge in [-0.1, -0.05) is 23.8 Å². The predicted octanol–water partition coefficient (Wildman–Crippen LogP) is 3.44. The van der Waals surface area contributed by atoms with Crippen LogP contribution in [0.15, 0.2) is 59.0 Å². The minimum absolute atomic E-state index is 0.222. The molecule has 3 aliphatic rings. The van der Waals surface area contributed by atoms with Crippen LogP contribution in [0.5, 0.6) is 11.5 Å². The molecule has 1 fully saturated rings. The van der Waals surface area contributed by atoms with Crippen LogP contribution in [0, 0.1) is 5.41 Å². The van der Waals surface area contributed by atoms with Crippen LogP contribution in [0.1, 0.15) is 24.8 Å². The van der Waals surface area contributed by atoms with E-state index in [0.717, 1.165) is 29.1 Å². The predicted molar refractivity (Wildman–Crippen MR) is 130 cm³/mol. The first-order valence-electron chi connectivity index (χ1n) is 11.6. The third kappa shape index (κ3) is 4.09. The van der Waals surface area contributed by atoms with Crippen molar-refractivity contribution >= 4 is 21.5 Å². The van der Waals surface area contributed by atoms with Crippen molar-refractivity contribution in [1.82, 2.24) is 4.31 Å². The molecule has 34 heavy (non-hydrogen) atoms. The Labute approximate surface area is 201 Å². The Morgan fingerprint density at radius 3 is 2.85 bits per heavy atom. The van der Waals surface area contributed by atoms with Gasteiger partial charge < -0.3 is 14.4 Å². The number of hydrogen-bond acceptors (Lipinski definition) is 6. The molecule has 0 N–H and O–H groups in total. The molecule has 1 atom stereocenters. The third-order valence-corrected chi connectivity index (χ3v) is 9.12. The van der Waals surface area contributed by atoms with E-state index in [4.69, 9.17) is 9.47 Å². The largest absolute Gasteiger partial charge is 0.497 e. The van der Waals surface area contributed by atoms with Crippen LogP contribution >= 0.6 is 0 Å². The molecule has 2 aromatic rings. The molecule has 0 aromatic heterocycles. The fourth-order valence-corrected chi connectivity index (χ4v) is 6.85.